The highest BCUT2D eigenvalue weighted by Crippen LogP contribution is 2.22. The molecule has 1 amide bonds. The van der Waals surface area contributed by atoms with Crippen molar-refractivity contribution in [2.45, 2.75) is 6.92 Å². The topological polar surface area (TPSA) is 93.8 Å². The first kappa shape index (κ1) is 20.2. The van der Waals surface area contributed by atoms with Crippen LogP contribution in [0.3, 0.4) is 0 Å². The highest BCUT2D eigenvalue weighted by Gasteiger charge is 2.08. The molecule has 146 valence electrons. The second-order valence-corrected chi connectivity index (χ2v) is 6.76. The first-order chi connectivity index (χ1) is 14.0. The SMILES string of the molecule is Cc1ccc(C(=O)N/N=C\c2cc(Br)ccc2OC(=O)/C=C/c2ccco2)cn1. The average Bonchev–Trinajstić information content (AvgIpc) is 3.22. The monoisotopic (exact) mass is 453 g/mol. The Morgan fingerprint density at radius 2 is 2.10 bits per heavy atom. The lowest BCUT2D eigenvalue weighted by atomic mass is 10.2. The first-order valence-corrected chi connectivity index (χ1v) is 9.29. The molecule has 0 spiro atoms. The normalized spacial score (nSPS) is 11.1. The Morgan fingerprint density at radius 3 is 2.83 bits per heavy atom. The number of nitrogens with one attached hydrogen (secondary N) is 1. The van der Waals surface area contributed by atoms with Gasteiger partial charge in [0.2, 0.25) is 0 Å². The first-order valence-electron chi connectivity index (χ1n) is 8.50. The van der Waals surface area contributed by atoms with Crippen LogP contribution in [0.15, 0.2) is 75.0 Å². The van der Waals surface area contributed by atoms with E-state index < -0.39 is 11.9 Å². The summed E-state index contributed by atoms with van der Waals surface area (Å²) in [6, 6.07) is 11.9. The fourth-order valence-electron chi connectivity index (χ4n) is 2.22. The number of nitrogens with zero attached hydrogens (tertiary/aromatic N) is 2. The van der Waals surface area contributed by atoms with E-state index in [0.29, 0.717) is 16.9 Å². The third-order valence-electron chi connectivity index (χ3n) is 3.65. The second-order valence-electron chi connectivity index (χ2n) is 5.84. The maximum Gasteiger partial charge on any atom is 0.336 e. The largest absolute Gasteiger partial charge is 0.465 e. The van der Waals surface area contributed by atoms with Gasteiger partial charge in [-0.25, -0.2) is 10.2 Å². The number of hydrazone groups is 1. The van der Waals surface area contributed by atoms with E-state index in [9.17, 15) is 9.59 Å². The van der Waals surface area contributed by atoms with Gasteiger partial charge in [-0.05, 0) is 55.5 Å². The molecule has 3 aromatic rings. The predicted molar refractivity (Wildman–Crippen MR) is 112 cm³/mol. The molecule has 0 fully saturated rings. The van der Waals surface area contributed by atoms with Gasteiger partial charge < -0.3 is 9.15 Å². The average molecular weight is 454 g/mol. The van der Waals surface area contributed by atoms with Crippen LogP contribution in [-0.2, 0) is 4.79 Å². The van der Waals surface area contributed by atoms with Gasteiger partial charge in [-0.1, -0.05) is 15.9 Å². The van der Waals surface area contributed by atoms with Crippen molar-refractivity contribution >= 4 is 40.1 Å². The van der Waals surface area contributed by atoms with E-state index in [1.165, 1.54) is 30.8 Å². The van der Waals surface area contributed by atoms with Crippen molar-refractivity contribution in [2.75, 3.05) is 0 Å². The second kappa shape index (κ2) is 9.61. The standard InChI is InChI=1S/C21H16BrN3O4/c1-14-4-5-15(12-23-14)21(27)25-24-13-16-11-17(22)6-8-19(16)29-20(26)9-7-18-3-2-10-28-18/h2-13H,1H3,(H,25,27)/b9-7+,24-13-. The zero-order chi connectivity index (χ0) is 20.6. The minimum absolute atomic E-state index is 0.289. The van der Waals surface area contributed by atoms with Crippen LogP contribution >= 0.6 is 15.9 Å². The lowest BCUT2D eigenvalue weighted by Crippen LogP contribution is -2.18. The Bertz CT molecular complexity index is 1060. The van der Waals surface area contributed by atoms with Crippen LogP contribution < -0.4 is 10.2 Å². The van der Waals surface area contributed by atoms with Crippen molar-refractivity contribution in [3.05, 3.63) is 88.1 Å². The molecule has 0 aliphatic rings. The molecule has 2 heterocycles. The molecular formula is C21H16BrN3O4. The molecule has 1 N–H and O–H groups in total. The van der Waals surface area contributed by atoms with Crippen LogP contribution in [0.25, 0.3) is 6.08 Å². The molecule has 2 aromatic heterocycles. The number of esters is 1. The third kappa shape index (κ3) is 5.98. The quantitative estimate of drug-likeness (QED) is 0.199. The maximum atomic E-state index is 12.1. The number of carbonyl (C=O) groups excluding carboxylic acids is 2. The molecule has 0 aliphatic heterocycles. The van der Waals surface area contributed by atoms with Gasteiger partial charge in [-0.3, -0.25) is 9.78 Å². The molecule has 29 heavy (non-hydrogen) atoms. The minimum atomic E-state index is -0.576. The summed E-state index contributed by atoms with van der Waals surface area (Å²) in [5.74, 6) is -0.151. The Hall–Kier alpha value is -3.52. The van der Waals surface area contributed by atoms with Crippen LogP contribution in [-0.4, -0.2) is 23.1 Å². The minimum Gasteiger partial charge on any atom is -0.465 e. The lowest BCUT2D eigenvalue weighted by molar-refractivity contribution is -0.128. The molecule has 8 heteroatoms. The van der Waals surface area contributed by atoms with Crippen molar-refractivity contribution < 1.29 is 18.7 Å². The van der Waals surface area contributed by atoms with Crippen LogP contribution in [0.5, 0.6) is 5.75 Å². The van der Waals surface area contributed by atoms with Crippen molar-refractivity contribution in [3.63, 3.8) is 0 Å². The molecule has 0 radical (unpaired) electrons. The molecule has 0 bridgehead atoms. The van der Waals surface area contributed by atoms with Crippen molar-refractivity contribution in [2.24, 2.45) is 5.10 Å². The van der Waals surface area contributed by atoms with E-state index in [2.05, 4.69) is 31.4 Å². The molecule has 3 rings (SSSR count). The summed E-state index contributed by atoms with van der Waals surface area (Å²) >= 11 is 3.36. The third-order valence-corrected chi connectivity index (χ3v) is 4.15. The number of furan rings is 1. The van der Waals surface area contributed by atoms with Crippen LogP contribution in [0.2, 0.25) is 0 Å². The lowest BCUT2D eigenvalue weighted by Gasteiger charge is -2.06. The Balaban J connectivity index is 1.67. The number of hydrogen-bond donors (Lipinski definition) is 1. The number of pyridine rings is 1. The van der Waals surface area contributed by atoms with Gasteiger partial charge in [0.1, 0.15) is 11.5 Å². The Kier molecular flexibility index (Phi) is 6.70. The predicted octanol–water partition coefficient (Wildman–Crippen LogP) is 4.13. The van der Waals surface area contributed by atoms with E-state index in [1.54, 1.807) is 42.5 Å². The van der Waals surface area contributed by atoms with Gasteiger partial charge in [0.25, 0.3) is 5.91 Å². The van der Waals surface area contributed by atoms with E-state index >= 15 is 0 Å². The summed E-state index contributed by atoms with van der Waals surface area (Å²) in [6.07, 6.45) is 7.13. The molecule has 0 saturated carbocycles. The number of aromatic nitrogens is 1. The van der Waals surface area contributed by atoms with Gasteiger partial charge in [-0.15, -0.1) is 0 Å². The van der Waals surface area contributed by atoms with Gasteiger partial charge in [0, 0.05) is 28.0 Å². The van der Waals surface area contributed by atoms with Crippen LogP contribution in [0, 0.1) is 6.92 Å². The number of halogens is 1. The Labute approximate surface area is 175 Å². The molecule has 0 saturated heterocycles. The van der Waals surface area contributed by atoms with Crippen LogP contribution in [0.1, 0.15) is 27.4 Å². The molecular weight excluding hydrogens is 438 g/mol. The van der Waals surface area contributed by atoms with E-state index in [4.69, 9.17) is 9.15 Å². The highest BCUT2D eigenvalue weighted by atomic mass is 79.9. The van der Waals surface area contributed by atoms with Gasteiger partial charge in [0.05, 0.1) is 18.0 Å². The summed E-state index contributed by atoms with van der Waals surface area (Å²) < 4.78 is 11.2. The summed E-state index contributed by atoms with van der Waals surface area (Å²) in [5, 5.41) is 3.94. The number of rotatable bonds is 6. The summed E-state index contributed by atoms with van der Waals surface area (Å²) in [5.41, 5.74) is 4.12. The zero-order valence-electron chi connectivity index (χ0n) is 15.3. The molecule has 0 unspecified atom stereocenters. The van der Waals surface area contributed by atoms with Crippen LogP contribution in [0.4, 0.5) is 0 Å². The molecule has 1 aromatic carbocycles. The number of ether oxygens (including phenoxy) is 1. The molecule has 0 atom stereocenters. The van der Waals surface area contributed by atoms with E-state index in [-0.39, 0.29) is 5.75 Å². The summed E-state index contributed by atoms with van der Waals surface area (Å²) in [7, 11) is 0. The summed E-state index contributed by atoms with van der Waals surface area (Å²) in [4.78, 5) is 28.2. The van der Waals surface area contributed by atoms with Crippen molar-refractivity contribution in [1.29, 1.82) is 0 Å². The van der Waals surface area contributed by atoms with E-state index in [0.717, 1.165) is 10.2 Å². The highest BCUT2D eigenvalue weighted by molar-refractivity contribution is 9.10. The number of amides is 1. The number of benzene rings is 1. The Morgan fingerprint density at radius 1 is 1.24 bits per heavy atom. The fourth-order valence-corrected chi connectivity index (χ4v) is 2.60. The smallest absolute Gasteiger partial charge is 0.336 e. The number of aryl methyl sites for hydroxylation is 1. The number of hydrogen-bond acceptors (Lipinski definition) is 6. The van der Waals surface area contributed by atoms with Gasteiger partial charge >= 0.3 is 5.97 Å². The zero-order valence-corrected chi connectivity index (χ0v) is 16.9. The molecule has 7 nitrogen and oxygen atoms in total. The molecule has 0 aliphatic carbocycles. The van der Waals surface area contributed by atoms with Gasteiger partial charge in [0.15, 0.2) is 0 Å². The van der Waals surface area contributed by atoms with Crippen molar-refractivity contribution in [3.8, 4) is 5.75 Å². The summed E-state index contributed by atoms with van der Waals surface area (Å²) in [6.45, 7) is 1.83. The number of carbonyl (C=O) groups is 2. The fraction of sp³-hybridized carbons (Fsp3) is 0.0476. The van der Waals surface area contributed by atoms with E-state index in [1.807, 2.05) is 6.92 Å². The maximum absolute atomic E-state index is 12.1. The van der Waals surface area contributed by atoms with Crippen molar-refractivity contribution in [1.82, 2.24) is 10.4 Å². The van der Waals surface area contributed by atoms with Gasteiger partial charge in [-0.2, -0.15) is 5.10 Å².